The number of oxazole rings is 1. The quantitative estimate of drug-likeness (QED) is 0.576. The fourth-order valence-corrected chi connectivity index (χ4v) is 3.39. The molecule has 4 rings (SSSR count). The highest BCUT2D eigenvalue weighted by molar-refractivity contribution is 5.89. The minimum atomic E-state index is -0.371. The minimum absolute atomic E-state index is 0.0533. The first-order valence-electron chi connectivity index (χ1n) is 9.75. The molecule has 0 aliphatic carbocycles. The standard InChI is InChI=1S/C23H24N2O5/c1-15-19(24-22(29-15)16-8-10-17(11-9-16)23(26)27-3)13-25(2)12-18-14-28-20-6-4-5-7-21(20)30-18/h4-11,18H,12-14H2,1-3H3/t18-/m0/s1. The van der Waals surface area contributed by atoms with Crippen LogP contribution in [0.5, 0.6) is 11.5 Å². The van der Waals surface area contributed by atoms with E-state index in [1.165, 1.54) is 7.11 Å². The van der Waals surface area contributed by atoms with E-state index in [1.807, 2.05) is 38.2 Å². The normalized spacial score (nSPS) is 15.3. The summed E-state index contributed by atoms with van der Waals surface area (Å²) in [7, 11) is 3.38. The van der Waals surface area contributed by atoms with Gasteiger partial charge in [-0.3, -0.25) is 4.90 Å². The summed E-state index contributed by atoms with van der Waals surface area (Å²) in [5.74, 6) is 2.48. The number of hydrogen-bond donors (Lipinski definition) is 0. The zero-order valence-electron chi connectivity index (χ0n) is 17.3. The van der Waals surface area contributed by atoms with Crippen LogP contribution in [0.3, 0.4) is 0 Å². The Labute approximate surface area is 175 Å². The van der Waals surface area contributed by atoms with E-state index in [9.17, 15) is 4.79 Å². The molecule has 7 heteroatoms. The van der Waals surface area contributed by atoms with E-state index < -0.39 is 0 Å². The van der Waals surface area contributed by atoms with E-state index in [0.717, 1.165) is 28.5 Å². The van der Waals surface area contributed by atoms with Crippen LogP contribution < -0.4 is 9.47 Å². The first-order chi connectivity index (χ1) is 14.5. The molecule has 0 radical (unpaired) electrons. The fraction of sp³-hybridized carbons (Fsp3) is 0.304. The van der Waals surface area contributed by atoms with E-state index in [-0.39, 0.29) is 12.1 Å². The van der Waals surface area contributed by atoms with Crippen LogP contribution in [0.15, 0.2) is 52.9 Å². The second kappa shape index (κ2) is 8.59. The molecule has 1 aliphatic rings. The molecule has 0 N–H and O–H groups in total. The number of aromatic nitrogens is 1. The number of methoxy groups -OCH3 is 1. The molecule has 7 nitrogen and oxygen atoms in total. The third-order valence-corrected chi connectivity index (χ3v) is 4.95. The van der Waals surface area contributed by atoms with Crippen molar-refractivity contribution in [3.63, 3.8) is 0 Å². The summed E-state index contributed by atoms with van der Waals surface area (Å²) in [4.78, 5) is 18.4. The average Bonchev–Trinajstić information content (AvgIpc) is 3.13. The number of aryl methyl sites for hydroxylation is 1. The van der Waals surface area contributed by atoms with E-state index in [0.29, 0.717) is 31.2 Å². The van der Waals surface area contributed by atoms with Gasteiger partial charge in [0.05, 0.1) is 18.4 Å². The Morgan fingerprint density at radius 3 is 2.63 bits per heavy atom. The molecule has 0 saturated carbocycles. The molecule has 0 spiro atoms. The van der Waals surface area contributed by atoms with Crippen LogP contribution in [-0.2, 0) is 11.3 Å². The molecule has 30 heavy (non-hydrogen) atoms. The third-order valence-electron chi connectivity index (χ3n) is 4.95. The van der Waals surface area contributed by atoms with E-state index >= 15 is 0 Å². The van der Waals surface area contributed by atoms with Crippen molar-refractivity contribution >= 4 is 5.97 Å². The van der Waals surface area contributed by atoms with Gasteiger partial charge in [-0.05, 0) is 50.4 Å². The minimum Gasteiger partial charge on any atom is -0.486 e. The Hall–Kier alpha value is -3.32. The number of benzene rings is 2. The summed E-state index contributed by atoms with van der Waals surface area (Å²) >= 11 is 0. The van der Waals surface area contributed by atoms with Crippen molar-refractivity contribution in [1.29, 1.82) is 0 Å². The number of carbonyl (C=O) groups excluding carboxylic acids is 1. The van der Waals surface area contributed by atoms with Gasteiger partial charge in [-0.25, -0.2) is 9.78 Å². The topological polar surface area (TPSA) is 74.0 Å². The van der Waals surface area contributed by atoms with Gasteiger partial charge < -0.3 is 18.6 Å². The highest BCUT2D eigenvalue weighted by atomic mass is 16.6. The number of likely N-dealkylation sites (N-methyl/N-ethyl adjacent to an activating group) is 1. The van der Waals surface area contributed by atoms with Crippen LogP contribution in [0.1, 0.15) is 21.8 Å². The Bertz CT molecular complexity index is 1030. The van der Waals surface area contributed by atoms with Crippen molar-refractivity contribution in [2.24, 2.45) is 0 Å². The zero-order chi connectivity index (χ0) is 21.1. The van der Waals surface area contributed by atoms with Crippen LogP contribution in [0.2, 0.25) is 0 Å². The van der Waals surface area contributed by atoms with Crippen LogP contribution in [-0.4, -0.2) is 49.3 Å². The Morgan fingerprint density at radius 2 is 1.90 bits per heavy atom. The summed E-state index contributed by atoms with van der Waals surface area (Å²) in [5.41, 5.74) is 2.16. The number of rotatable bonds is 6. The van der Waals surface area contributed by atoms with Crippen LogP contribution >= 0.6 is 0 Å². The van der Waals surface area contributed by atoms with Crippen molar-refractivity contribution in [1.82, 2.24) is 9.88 Å². The first kappa shape index (κ1) is 20.0. The number of ether oxygens (including phenoxy) is 3. The Morgan fingerprint density at radius 1 is 1.17 bits per heavy atom. The maximum absolute atomic E-state index is 11.6. The molecule has 0 fully saturated rings. The average molecular weight is 408 g/mol. The number of nitrogens with zero attached hydrogens (tertiary/aromatic N) is 2. The zero-order valence-corrected chi connectivity index (χ0v) is 17.3. The molecule has 0 amide bonds. The van der Waals surface area contributed by atoms with Crippen LogP contribution in [0.4, 0.5) is 0 Å². The molecular weight excluding hydrogens is 384 g/mol. The maximum atomic E-state index is 11.6. The molecule has 3 aromatic rings. The molecular formula is C23H24N2O5. The molecule has 0 unspecified atom stereocenters. The highest BCUT2D eigenvalue weighted by Crippen LogP contribution is 2.31. The van der Waals surface area contributed by atoms with Crippen molar-refractivity contribution in [3.05, 3.63) is 65.5 Å². The van der Waals surface area contributed by atoms with Gasteiger partial charge in [0.25, 0.3) is 0 Å². The highest BCUT2D eigenvalue weighted by Gasteiger charge is 2.23. The lowest BCUT2D eigenvalue weighted by Crippen LogP contribution is -2.39. The van der Waals surface area contributed by atoms with Gasteiger partial charge in [-0.15, -0.1) is 0 Å². The van der Waals surface area contributed by atoms with Crippen LogP contribution in [0, 0.1) is 6.92 Å². The predicted molar refractivity (Wildman–Crippen MR) is 111 cm³/mol. The van der Waals surface area contributed by atoms with Gasteiger partial charge in [0.2, 0.25) is 5.89 Å². The summed E-state index contributed by atoms with van der Waals surface area (Å²) < 4.78 is 22.4. The molecule has 2 heterocycles. The van der Waals surface area contributed by atoms with Crippen molar-refractivity contribution in [2.75, 3.05) is 27.3 Å². The molecule has 2 aromatic carbocycles. The lowest BCUT2D eigenvalue weighted by atomic mass is 10.1. The molecule has 0 saturated heterocycles. The largest absolute Gasteiger partial charge is 0.486 e. The Kier molecular flexibility index (Phi) is 5.72. The SMILES string of the molecule is COC(=O)c1ccc(-c2nc(CN(C)C[C@H]3COc4ccccc4O3)c(C)o2)cc1. The Balaban J connectivity index is 1.39. The summed E-state index contributed by atoms with van der Waals surface area (Å²) in [6, 6.07) is 14.7. The van der Waals surface area contributed by atoms with Gasteiger partial charge in [-0.2, -0.15) is 0 Å². The number of para-hydroxylation sites is 2. The van der Waals surface area contributed by atoms with E-state index in [2.05, 4.69) is 9.88 Å². The molecule has 156 valence electrons. The summed E-state index contributed by atoms with van der Waals surface area (Å²) in [6.07, 6.45) is -0.0533. The first-order valence-corrected chi connectivity index (χ1v) is 9.75. The van der Waals surface area contributed by atoms with Crippen molar-refractivity contribution < 1.29 is 23.4 Å². The third kappa shape index (κ3) is 4.31. The number of fused-ring (bicyclic) bond motifs is 1. The van der Waals surface area contributed by atoms with Gasteiger partial charge in [0, 0.05) is 18.7 Å². The van der Waals surface area contributed by atoms with Crippen molar-refractivity contribution in [3.8, 4) is 23.0 Å². The van der Waals surface area contributed by atoms with Gasteiger partial charge in [0.15, 0.2) is 11.5 Å². The molecule has 0 bridgehead atoms. The molecule has 1 aromatic heterocycles. The summed E-state index contributed by atoms with van der Waals surface area (Å²) in [5, 5.41) is 0. The number of hydrogen-bond acceptors (Lipinski definition) is 7. The maximum Gasteiger partial charge on any atom is 0.337 e. The number of carbonyl (C=O) groups is 1. The van der Waals surface area contributed by atoms with Gasteiger partial charge in [-0.1, -0.05) is 12.1 Å². The summed E-state index contributed by atoms with van der Waals surface area (Å²) in [6.45, 7) is 3.73. The lowest BCUT2D eigenvalue weighted by molar-refractivity contribution is 0.0600. The predicted octanol–water partition coefficient (Wildman–Crippen LogP) is 3.71. The number of esters is 1. The van der Waals surface area contributed by atoms with E-state index in [4.69, 9.17) is 18.6 Å². The second-order valence-electron chi connectivity index (χ2n) is 7.29. The second-order valence-corrected chi connectivity index (χ2v) is 7.29. The molecule has 1 atom stereocenters. The van der Waals surface area contributed by atoms with E-state index in [1.54, 1.807) is 24.3 Å². The fourth-order valence-electron chi connectivity index (χ4n) is 3.39. The molecule has 1 aliphatic heterocycles. The van der Waals surface area contributed by atoms with Gasteiger partial charge in [0.1, 0.15) is 18.5 Å². The van der Waals surface area contributed by atoms with Crippen LogP contribution in [0.25, 0.3) is 11.5 Å². The smallest absolute Gasteiger partial charge is 0.337 e. The van der Waals surface area contributed by atoms with Crippen molar-refractivity contribution in [2.45, 2.75) is 19.6 Å². The van der Waals surface area contributed by atoms with Gasteiger partial charge >= 0.3 is 5.97 Å². The lowest BCUT2D eigenvalue weighted by Gasteiger charge is -2.29. The monoisotopic (exact) mass is 408 g/mol.